The zero-order valence-electron chi connectivity index (χ0n) is 13.7. The molecule has 2 atom stereocenters. The molecule has 2 saturated carbocycles. The van der Waals surface area contributed by atoms with E-state index in [9.17, 15) is 0 Å². The average Bonchev–Trinajstić information content (AvgIpc) is 2.56. The van der Waals surface area contributed by atoms with Crippen LogP contribution in [0.4, 0.5) is 0 Å². The molecule has 0 N–H and O–H groups in total. The molecule has 0 aliphatic heterocycles. The Morgan fingerprint density at radius 1 is 0.762 bits per heavy atom. The van der Waals surface area contributed by atoms with Crippen LogP contribution in [0.25, 0.3) is 0 Å². The quantitative estimate of drug-likeness (QED) is 0.512. The molecule has 0 aromatic heterocycles. The molecule has 0 amide bonds. The Hall–Kier alpha value is -0.520. The van der Waals surface area contributed by atoms with Crippen molar-refractivity contribution in [3.05, 3.63) is 23.3 Å². The van der Waals surface area contributed by atoms with Crippen LogP contribution in [0.15, 0.2) is 23.3 Å². The summed E-state index contributed by atoms with van der Waals surface area (Å²) in [5.41, 5.74) is 3.70. The Kier molecular flexibility index (Phi) is 4.23. The predicted molar refractivity (Wildman–Crippen MR) is 90.1 cm³/mol. The van der Waals surface area contributed by atoms with Crippen LogP contribution < -0.4 is 0 Å². The van der Waals surface area contributed by atoms with E-state index in [0.29, 0.717) is 0 Å². The molecule has 0 unspecified atom stereocenters. The summed E-state index contributed by atoms with van der Waals surface area (Å²) in [4.78, 5) is 0. The Morgan fingerprint density at radius 3 is 2.24 bits per heavy atom. The van der Waals surface area contributed by atoms with E-state index < -0.39 is 0 Å². The van der Waals surface area contributed by atoms with E-state index in [2.05, 4.69) is 12.2 Å². The monoisotopic (exact) mass is 284 g/mol. The van der Waals surface area contributed by atoms with Crippen molar-refractivity contribution in [2.45, 2.75) is 83.5 Å². The van der Waals surface area contributed by atoms with Crippen LogP contribution >= 0.6 is 0 Å². The molecular weight excluding hydrogens is 252 g/mol. The van der Waals surface area contributed by atoms with E-state index in [0.717, 1.165) is 23.7 Å². The van der Waals surface area contributed by atoms with Gasteiger partial charge in [-0.25, -0.2) is 0 Å². The lowest BCUT2D eigenvalue weighted by Gasteiger charge is -2.41. The van der Waals surface area contributed by atoms with Gasteiger partial charge in [0.2, 0.25) is 0 Å². The van der Waals surface area contributed by atoms with Gasteiger partial charge in [-0.3, -0.25) is 0 Å². The SMILES string of the molecule is C1=C2CC=C(C3CCCCC3)[C@H](C2)C[C@H]1C1CCCCC1. The summed E-state index contributed by atoms with van der Waals surface area (Å²) in [6, 6.07) is 0. The molecule has 4 rings (SSSR count). The topological polar surface area (TPSA) is 0 Å². The zero-order chi connectivity index (χ0) is 14.1. The molecule has 4 aliphatic rings. The van der Waals surface area contributed by atoms with Crippen LogP contribution in [0.1, 0.15) is 83.5 Å². The molecule has 0 heteroatoms. The van der Waals surface area contributed by atoms with Gasteiger partial charge in [-0.2, -0.15) is 0 Å². The van der Waals surface area contributed by atoms with Gasteiger partial charge in [-0.1, -0.05) is 61.8 Å². The maximum Gasteiger partial charge on any atom is -0.0136 e. The minimum Gasteiger partial charge on any atom is -0.0816 e. The number of hydrogen-bond donors (Lipinski definition) is 0. The molecule has 0 radical (unpaired) electrons. The van der Waals surface area contributed by atoms with E-state index >= 15 is 0 Å². The average molecular weight is 284 g/mol. The van der Waals surface area contributed by atoms with Crippen LogP contribution in [0.5, 0.6) is 0 Å². The van der Waals surface area contributed by atoms with Crippen molar-refractivity contribution in [3.8, 4) is 0 Å². The van der Waals surface area contributed by atoms with Crippen molar-refractivity contribution in [1.29, 1.82) is 0 Å². The van der Waals surface area contributed by atoms with Crippen LogP contribution in [-0.2, 0) is 0 Å². The highest BCUT2D eigenvalue weighted by atomic mass is 14.4. The second-order valence-electron chi connectivity index (χ2n) is 8.27. The number of allylic oxidation sites excluding steroid dienone is 4. The van der Waals surface area contributed by atoms with Crippen LogP contribution in [0, 0.1) is 23.7 Å². The van der Waals surface area contributed by atoms with Gasteiger partial charge >= 0.3 is 0 Å². The summed E-state index contributed by atoms with van der Waals surface area (Å²) in [7, 11) is 0. The molecule has 4 aliphatic carbocycles. The summed E-state index contributed by atoms with van der Waals surface area (Å²) >= 11 is 0. The molecule has 0 heterocycles. The highest BCUT2D eigenvalue weighted by molar-refractivity contribution is 5.28. The molecule has 0 aromatic rings. The standard InChI is InChI=1S/C21H32/c1-3-7-17(8-4-1)19-13-16-11-12-21(20(14-16)15-19)18-9-5-2-6-10-18/h12-13,17-20H,1-11,14-15H2/t19-,20+/m0/s1. The molecule has 0 aromatic carbocycles. The van der Waals surface area contributed by atoms with Gasteiger partial charge in [0, 0.05) is 0 Å². The number of fused-ring (bicyclic) bond motifs is 2. The molecule has 0 spiro atoms. The van der Waals surface area contributed by atoms with Crippen LogP contribution in [-0.4, -0.2) is 0 Å². The molecule has 21 heavy (non-hydrogen) atoms. The van der Waals surface area contributed by atoms with E-state index in [1.807, 2.05) is 5.57 Å². The van der Waals surface area contributed by atoms with Crippen molar-refractivity contribution in [2.75, 3.05) is 0 Å². The molecule has 116 valence electrons. The fourth-order valence-electron chi connectivity index (χ4n) is 5.81. The van der Waals surface area contributed by atoms with Gasteiger partial charge in [-0.15, -0.1) is 0 Å². The third-order valence-corrected chi connectivity index (χ3v) is 6.92. The lowest BCUT2D eigenvalue weighted by molar-refractivity contribution is 0.233. The fraction of sp³-hybridized carbons (Fsp3) is 0.810. The Bertz CT molecular complexity index is 415. The van der Waals surface area contributed by atoms with Crippen LogP contribution in [0.2, 0.25) is 0 Å². The smallest absolute Gasteiger partial charge is 0.0136 e. The first-order valence-corrected chi connectivity index (χ1v) is 9.79. The molecule has 0 nitrogen and oxygen atoms in total. The molecule has 2 bridgehead atoms. The van der Waals surface area contributed by atoms with Gasteiger partial charge in [-0.05, 0) is 68.6 Å². The first-order chi connectivity index (χ1) is 10.4. The molecular formula is C21H32. The lowest BCUT2D eigenvalue weighted by atomic mass is 9.64. The summed E-state index contributed by atoms with van der Waals surface area (Å²) in [5, 5.41) is 0. The highest BCUT2D eigenvalue weighted by Crippen LogP contribution is 2.48. The minimum absolute atomic E-state index is 0.936. The Labute approximate surface area is 131 Å². The van der Waals surface area contributed by atoms with Crippen molar-refractivity contribution in [2.24, 2.45) is 23.7 Å². The normalized spacial score (nSPS) is 35.2. The van der Waals surface area contributed by atoms with Gasteiger partial charge < -0.3 is 0 Å². The van der Waals surface area contributed by atoms with Gasteiger partial charge in [0.25, 0.3) is 0 Å². The van der Waals surface area contributed by atoms with Gasteiger partial charge in [0.1, 0.15) is 0 Å². The maximum absolute atomic E-state index is 2.72. The molecule has 2 fully saturated rings. The summed E-state index contributed by atoms with van der Waals surface area (Å²) in [5.74, 6) is 3.87. The Balaban J connectivity index is 1.48. The first-order valence-electron chi connectivity index (χ1n) is 9.79. The van der Waals surface area contributed by atoms with Crippen molar-refractivity contribution < 1.29 is 0 Å². The highest BCUT2D eigenvalue weighted by Gasteiger charge is 2.34. The van der Waals surface area contributed by atoms with E-state index in [4.69, 9.17) is 0 Å². The first kappa shape index (κ1) is 14.1. The van der Waals surface area contributed by atoms with E-state index in [1.54, 1.807) is 5.57 Å². The minimum atomic E-state index is 0.936. The predicted octanol–water partition coefficient (Wildman–Crippen LogP) is 6.43. The summed E-state index contributed by atoms with van der Waals surface area (Å²) in [6.45, 7) is 0. The van der Waals surface area contributed by atoms with Crippen molar-refractivity contribution in [1.82, 2.24) is 0 Å². The third-order valence-electron chi connectivity index (χ3n) is 6.92. The maximum atomic E-state index is 2.72. The van der Waals surface area contributed by atoms with Gasteiger partial charge in [0.05, 0.1) is 0 Å². The van der Waals surface area contributed by atoms with E-state index in [1.165, 1.54) is 83.5 Å². The van der Waals surface area contributed by atoms with Crippen molar-refractivity contribution >= 4 is 0 Å². The zero-order valence-corrected chi connectivity index (χ0v) is 13.7. The number of hydrogen-bond acceptors (Lipinski definition) is 0. The largest absolute Gasteiger partial charge is 0.0816 e. The molecule has 0 saturated heterocycles. The second kappa shape index (κ2) is 6.31. The van der Waals surface area contributed by atoms with Crippen LogP contribution in [0.3, 0.4) is 0 Å². The third kappa shape index (κ3) is 3.01. The number of rotatable bonds is 2. The Morgan fingerprint density at radius 2 is 1.48 bits per heavy atom. The van der Waals surface area contributed by atoms with Crippen molar-refractivity contribution in [3.63, 3.8) is 0 Å². The fourth-order valence-corrected chi connectivity index (χ4v) is 5.81. The second-order valence-corrected chi connectivity index (χ2v) is 8.27. The van der Waals surface area contributed by atoms with Gasteiger partial charge in [0.15, 0.2) is 0 Å². The lowest BCUT2D eigenvalue weighted by Crippen LogP contribution is -2.28. The summed E-state index contributed by atoms with van der Waals surface area (Å²) in [6.07, 6.45) is 24.6. The summed E-state index contributed by atoms with van der Waals surface area (Å²) < 4.78 is 0. The van der Waals surface area contributed by atoms with E-state index in [-0.39, 0.29) is 0 Å².